The zero-order valence-electron chi connectivity index (χ0n) is 25.1. The molecule has 4 rings (SSSR count). The van der Waals surface area contributed by atoms with Gasteiger partial charge in [-0.3, -0.25) is 0 Å². The fourth-order valence-electron chi connectivity index (χ4n) is 5.13. The Bertz CT molecular complexity index is 1190. The van der Waals surface area contributed by atoms with Crippen LogP contribution in [-0.4, -0.2) is 67.0 Å². The van der Waals surface area contributed by atoms with Crippen LogP contribution in [0.25, 0.3) is 0 Å². The third kappa shape index (κ3) is 9.36. The number of ether oxygens (including phenoxy) is 7. The van der Waals surface area contributed by atoms with Gasteiger partial charge in [-0.2, -0.15) is 0 Å². The van der Waals surface area contributed by atoms with E-state index in [0.29, 0.717) is 51.3 Å². The number of para-hydroxylation sites is 2. The molecule has 0 bridgehead atoms. The van der Waals surface area contributed by atoms with Crippen molar-refractivity contribution in [2.75, 3.05) is 60.8 Å². The van der Waals surface area contributed by atoms with Gasteiger partial charge in [0.05, 0.1) is 53.4 Å². The SMILES string of the molecule is COCCCOc1c(CO[C@H]2CNCC[C@@H]2c2ccc(OCCCOCc3ccccc3OC)cc2)cccc1OC. The quantitative estimate of drug-likeness (QED) is 0.191. The molecule has 8 heteroatoms. The van der Waals surface area contributed by atoms with Crippen molar-refractivity contribution in [1.82, 2.24) is 5.32 Å². The van der Waals surface area contributed by atoms with Gasteiger partial charge in [-0.15, -0.1) is 0 Å². The van der Waals surface area contributed by atoms with Crippen molar-refractivity contribution in [2.45, 2.75) is 44.5 Å². The number of hydrogen-bond acceptors (Lipinski definition) is 8. The molecule has 0 aliphatic carbocycles. The van der Waals surface area contributed by atoms with Gasteiger partial charge in [0.15, 0.2) is 11.5 Å². The molecular weight excluding hydrogens is 534 g/mol. The molecular formula is C34H45NO7. The standard InChI is InChI=1S/C34H45NO7/c1-36-19-7-22-41-34-28(10-6-12-32(34)38-3)25-42-33-23-35-18-17-30(33)26-13-15-29(16-14-26)40-21-8-20-39-24-27-9-4-5-11-31(27)37-2/h4-6,9-16,30,33,35H,7-8,17-25H2,1-3H3/t30-,33+/m1/s1. The molecule has 2 atom stereocenters. The van der Waals surface area contributed by atoms with Gasteiger partial charge >= 0.3 is 0 Å². The number of methoxy groups -OCH3 is 3. The van der Waals surface area contributed by atoms with E-state index in [-0.39, 0.29) is 6.10 Å². The Hall–Kier alpha value is -3.30. The first-order valence-corrected chi connectivity index (χ1v) is 14.8. The fourth-order valence-corrected chi connectivity index (χ4v) is 5.13. The molecule has 1 N–H and O–H groups in total. The predicted molar refractivity (Wildman–Crippen MR) is 163 cm³/mol. The maximum absolute atomic E-state index is 6.51. The van der Waals surface area contributed by atoms with Crippen molar-refractivity contribution in [2.24, 2.45) is 0 Å². The van der Waals surface area contributed by atoms with Gasteiger partial charge < -0.3 is 38.5 Å². The van der Waals surface area contributed by atoms with Crippen LogP contribution >= 0.6 is 0 Å². The zero-order chi connectivity index (χ0) is 29.4. The van der Waals surface area contributed by atoms with E-state index < -0.39 is 0 Å². The lowest BCUT2D eigenvalue weighted by atomic mass is 9.87. The highest BCUT2D eigenvalue weighted by Gasteiger charge is 2.27. The molecule has 0 saturated carbocycles. The molecule has 1 saturated heterocycles. The molecule has 0 spiro atoms. The lowest BCUT2D eigenvalue weighted by Gasteiger charge is -2.33. The van der Waals surface area contributed by atoms with Gasteiger partial charge in [0.25, 0.3) is 0 Å². The van der Waals surface area contributed by atoms with E-state index in [4.69, 9.17) is 33.2 Å². The summed E-state index contributed by atoms with van der Waals surface area (Å²) < 4.78 is 40.5. The summed E-state index contributed by atoms with van der Waals surface area (Å²) in [5.41, 5.74) is 3.29. The van der Waals surface area contributed by atoms with Crippen molar-refractivity contribution in [3.8, 4) is 23.0 Å². The van der Waals surface area contributed by atoms with Crippen molar-refractivity contribution in [1.29, 1.82) is 0 Å². The minimum absolute atomic E-state index is 0.0402. The summed E-state index contributed by atoms with van der Waals surface area (Å²) in [5, 5.41) is 3.49. The van der Waals surface area contributed by atoms with E-state index in [1.165, 1.54) is 5.56 Å². The molecule has 0 radical (unpaired) electrons. The highest BCUT2D eigenvalue weighted by atomic mass is 16.5. The van der Waals surface area contributed by atoms with Crippen LogP contribution in [0.15, 0.2) is 66.7 Å². The van der Waals surface area contributed by atoms with Crippen molar-refractivity contribution in [3.05, 3.63) is 83.4 Å². The maximum Gasteiger partial charge on any atom is 0.166 e. The van der Waals surface area contributed by atoms with Gasteiger partial charge in [0.2, 0.25) is 0 Å². The Morgan fingerprint density at radius 1 is 0.714 bits per heavy atom. The average Bonchev–Trinajstić information content (AvgIpc) is 3.04. The summed E-state index contributed by atoms with van der Waals surface area (Å²) in [7, 11) is 5.03. The minimum Gasteiger partial charge on any atom is -0.496 e. The molecule has 42 heavy (non-hydrogen) atoms. The molecule has 1 fully saturated rings. The highest BCUT2D eigenvalue weighted by molar-refractivity contribution is 5.46. The summed E-state index contributed by atoms with van der Waals surface area (Å²) >= 11 is 0. The molecule has 0 aromatic heterocycles. The van der Waals surface area contributed by atoms with Gasteiger partial charge in [-0.05, 0) is 42.8 Å². The Balaban J connectivity index is 1.25. The third-order valence-corrected chi connectivity index (χ3v) is 7.36. The Morgan fingerprint density at radius 3 is 2.26 bits per heavy atom. The number of nitrogens with one attached hydrogen (secondary N) is 1. The molecule has 228 valence electrons. The van der Waals surface area contributed by atoms with Crippen molar-refractivity contribution < 1.29 is 33.2 Å². The zero-order valence-corrected chi connectivity index (χ0v) is 25.1. The number of piperidine rings is 1. The summed E-state index contributed by atoms with van der Waals surface area (Å²) in [5.74, 6) is 3.46. The summed E-state index contributed by atoms with van der Waals surface area (Å²) in [6.07, 6.45) is 2.66. The Kier molecular flexibility index (Phi) is 13.3. The van der Waals surface area contributed by atoms with E-state index in [1.54, 1.807) is 21.3 Å². The fraction of sp³-hybridized carbons (Fsp3) is 0.471. The van der Waals surface area contributed by atoms with Crippen molar-refractivity contribution in [3.63, 3.8) is 0 Å². The lowest BCUT2D eigenvalue weighted by molar-refractivity contribution is 0.00944. The largest absolute Gasteiger partial charge is 0.496 e. The summed E-state index contributed by atoms with van der Waals surface area (Å²) in [6.45, 7) is 5.16. The average molecular weight is 580 g/mol. The number of hydrogen-bond donors (Lipinski definition) is 1. The highest BCUT2D eigenvalue weighted by Crippen LogP contribution is 2.34. The molecule has 3 aromatic rings. The molecule has 0 unspecified atom stereocenters. The number of rotatable bonds is 18. The first-order chi connectivity index (χ1) is 20.7. The smallest absolute Gasteiger partial charge is 0.166 e. The van der Waals surface area contributed by atoms with Crippen LogP contribution in [0, 0.1) is 0 Å². The van der Waals surface area contributed by atoms with Gasteiger partial charge in [-0.1, -0.05) is 42.5 Å². The van der Waals surface area contributed by atoms with E-state index in [2.05, 4.69) is 29.6 Å². The second-order valence-electron chi connectivity index (χ2n) is 10.2. The van der Waals surface area contributed by atoms with Gasteiger partial charge in [0, 0.05) is 50.1 Å². The molecule has 8 nitrogen and oxygen atoms in total. The molecule has 1 aliphatic rings. The van der Waals surface area contributed by atoms with E-state index in [9.17, 15) is 0 Å². The van der Waals surface area contributed by atoms with E-state index >= 15 is 0 Å². The summed E-state index contributed by atoms with van der Waals surface area (Å²) in [6, 6.07) is 22.3. The lowest BCUT2D eigenvalue weighted by Crippen LogP contribution is -2.41. The van der Waals surface area contributed by atoms with E-state index in [0.717, 1.165) is 60.7 Å². The van der Waals surface area contributed by atoms with Crippen LogP contribution in [0.2, 0.25) is 0 Å². The first kappa shape index (κ1) is 31.6. The van der Waals surface area contributed by atoms with Crippen molar-refractivity contribution >= 4 is 0 Å². The Labute approximate surface area is 250 Å². The molecule has 0 amide bonds. The maximum atomic E-state index is 6.51. The molecule has 1 aliphatic heterocycles. The van der Waals surface area contributed by atoms with Crippen LogP contribution in [0.3, 0.4) is 0 Å². The second-order valence-corrected chi connectivity index (χ2v) is 10.2. The van der Waals surface area contributed by atoms with Crippen LogP contribution < -0.4 is 24.3 Å². The normalized spacial score (nSPS) is 16.6. The van der Waals surface area contributed by atoms with Crippen LogP contribution in [-0.2, 0) is 27.4 Å². The monoisotopic (exact) mass is 579 g/mol. The van der Waals surface area contributed by atoms with Crippen LogP contribution in [0.4, 0.5) is 0 Å². The first-order valence-electron chi connectivity index (χ1n) is 14.8. The Morgan fingerprint density at radius 2 is 1.45 bits per heavy atom. The topological polar surface area (TPSA) is 76.6 Å². The van der Waals surface area contributed by atoms with Gasteiger partial charge in [0.1, 0.15) is 11.5 Å². The second kappa shape index (κ2) is 17.6. The van der Waals surface area contributed by atoms with Gasteiger partial charge in [-0.25, -0.2) is 0 Å². The number of benzene rings is 3. The molecule has 1 heterocycles. The predicted octanol–water partition coefficient (Wildman–Crippen LogP) is 5.77. The van der Waals surface area contributed by atoms with Crippen LogP contribution in [0.5, 0.6) is 23.0 Å². The summed E-state index contributed by atoms with van der Waals surface area (Å²) in [4.78, 5) is 0. The molecule has 3 aromatic carbocycles. The minimum atomic E-state index is 0.0402. The van der Waals surface area contributed by atoms with Crippen LogP contribution in [0.1, 0.15) is 41.9 Å². The van der Waals surface area contributed by atoms with E-state index in [1.807, 2.05) is 42.5 Å². The third-order valence-electron chi connectivity index (χ3n) is 7.36.